The molecule has 0 fully saturated rings. The fraction of sp³-hybridized carbons (Fsp3) is 0.0189. The summed E-state index contributed by atoms with van der Waals surface area (Å²) in [5.41, 5.74) is 17.0. The zero-order valence-electron chi connectivity index (χ0n) is 29.9. The van der Waals surface area contributed by atoms with Crippen LogP contribution in [0.25, 0.3) is 93.6 Å². The predicted molar refractivity (Wildman–Crippen MR) is 229 cm³/mol. The highest BCUT2D eigenvalue weighted by Gasteiger charge is 2.31. The van der Waals surface area contributed by atoms with Crippen LogP contribution < -0.4 is 0 Å². The highest BCUT2D eigenvalue weighted by Crippen LogP contribution is 2.51. The summed E-state index contributed by atoms with van der Waals surface area (Å²) in [6, 6.07) is 71.0. The van der Waals surface area contributed by atoms with Crippen LogP contribution in [0.15, 0.2) is 199 Å². The standard InChI is InChI=1S/C53H33NO/c1-2-13-35(14-3-1)54-48-24-8-6-16-41(48)42-30-28-34(32-49(42)54)33-27-29-40-37-15-4-5-17-43(37)52(47(40)31-33)44-22-11-19-36-38(44)20-10-21-39(36)45-23-12-26-51-53(45)46-18-7-9-25-50(46)55-51/h1-32,52H. The van der Waals surface area contributed by atoms with Gasteiger partial charge in [0.1, 0.15) is 11.2 Å². The van der Waals surface area contributed by atoms with Crippen LogP contribution in [0.5, 0.6) is 0 Å². The van der Waals surface area contributed by atoms with Crippen molar-refractivity contribution in [2.75, 3.05) is 0 Å². The van der Waals surface area contributed by atoms with Gasteiger partial charge in [0, 0.05) is 33.2 Å². The van der Waals surface area contributed by atoms with Crippen LogP contribution in [0.3, 0.4) is 0 Å². The van der Waals surface area contributed by atoms with E-state index < -0.39 is 0 Å². The average molecular weight is 700 g/mol. The average Bonchev–Trinajstić information content (AvgIpc) is 3.91. The molecule has 0 spiro atoms. The molecule has 1 atom stereocenters. The maximum Gasteiger partial charge on any atom is 0.136 e. The molecule has 2 aromatic heterocycles. The Kier molecular flexibility index (Phi) is 6.43. The number of nitrogens with zero attached hydrogens (tertiary/aromatic N) is 1. The SMILES string of the molecule is c1ccc(-n2c3ccccc3c3ccc(-c4ccc5c(c4)C(c4cccc6c(-c7cccc8oc9ccccc9c78)cccc46)c4ccccc4-5)cc32)cc1. The van der Waals surface area contributed by atoms with Gasteiger partial charge in [0.25, 0.3) is 0 Å². The van der Waals surface area contributed by atoms with Crippen molar-refractivity contribution in [2.45, 2.75) is 5.92 Å². The van der Waals surface area contributed by atoms with E-state index >= 15 is 0 Å². The Hall–Kier alpha value is -7.16. The second-order valence-electron chi connectivity index (χ2n) is 14.8. The van der Waals surface area contributed by atoms with Crippen molar-refractivity contribution in [3.05, 3.63) is 211 Å². The Balaban J connectivity index is 1.05. The molecule has 0 bridgehead atoms. The first-order chi connectivity index (χ1) is 27.3. The normalized spacial score (nSPS) is 13.6. The molecule has 256 valence electrons. The second kappa shape index (κ2) is 11.7. The molecule has 1 unspecified atom stereocenters. The minimum atomic E-state index is 0.0927. The topological polar surface area (TPSA) is 18.1 Å². The first kappa shape index (κ1) is 30.3. The summed E-state index contributed by atoms with van der Waals surface area (Å²) in [6.07, 6.45) is 0. The Morgan fingerprint density at radius 3 is 1.91 bits per heavy atom. The second-order valence-corrected chi connectivity index (χ2v) is 14.8. The molecule has 1 aliphatic carbocycles. The zero-order chi connectivity index (χ0) is 36.0. The maximum absolute atomic E-state index is 6.32. The number of hydrogen-bond acceptors (Lipinski definition) is 1. The van der Waals surface area contributed by atoms with Crippen molar-refractivity contribution >= 4 is 54.5 Å². The minimum Gasteiger partial charge on any atom is -0.456 e. The van der Waals surface area contributed by atoms with Crippen LogP contribution in [0.1, 0.15) is 22.6 Å². The fourth-order valence-electron chi connectivity index (χ4n) is 9.55. The van der Waals surface area contributed by atoms with Crippen LogP contribution in [0.2, 0.25) is 0 Å². The van der Waals surface area contributed by atoms with E-state index in [1.165, 1.54) is 93.7 Å². The van der Waals surface area contributed by atoms with Gasteiger partial charge in [-0.15, -0.1) is 0 Å². The number of aromatic nitrogens is 1. The fourth-order valence-corrected chi connectivity index (χ4v) is 9.55. The molecule has 0 saturated carbocycles. The van der Waals surface area contributed by atoms with E-state index in [-0.39, 0.29) is 5.92 Å². The van der Waals surface area contributed by atoms with Crippen LogP contribution >= 0.6 is 0 Å². The van der Waals surface area contributed by atoms with E-state index in [1.54, 1.807) is 0 Å². The molecule has 2 nitrogen and oxygen atoms in total. The lowest BCUT2D eigenvalue weighted by Crippen LogP contribution is -2.01. The molecule has 2 heterocycles. The van der Waals surface area contributed by atoms with E-state index in [0.717, 1.165) is 16.6 Å². The Labute approximate surface area is 318 Å². The van der Waals surface area contributed by atoms with Gasteiger partial charge >= 0.3 is 0 Å². The smallest absolute Gasteiger partial charge is 0.136 e. The molecular formula is C53H33NO. The molecule has 9 aromatic carbocycles. The number of furan rings is 1. The first-order valence-electron chi connectivity index (χ1n) is 19.0. The minimum absolute atomic E-state index is 0.0927. The molecule has 12 rings (SSSR count). The summed E-state index contributed by atoms with van der Waals surface area (Å²) in [5.74, 6) is 0.0927. The van der Waals surface area contributed by atoms with Gasteiger partial charge in [0.2, 0.25) is 0 Å². The first-order valence-corrected chi connectivity index (χ1v) is 19.0. The molecular weight excluding hydrogens is 667 g/mol. The van der Waals surface area contributed by atoms with Crippen LogP contribution in [0, 0.1) is 0 Å². The lowest BCUT2D eigenvalue weighted by molar-refractivity contribution is 0.669. The van der Waals surface area contributed by atoms with E-state index in [2.05, 4.69) is 193 Å². The van der Waals surface area contributed by atoms with Crippen molar-refractivity contribution < 1.29 is 4.42 Å². The molecule has 2 heteroatoms. The maximum atomic E-state index is 6.32. The monoisotopic (exact) mass is 699 g/mol. The largest absolute Gasteiger partial charge is 0.456 e. The molecule has 0 radical (unpaired) electrons. The lowest BCUT2D eigenvalue weighted by atomic mass is 9.84. The molecule has 55 heavy (non-hydrogen) atoms. The van der Waals surface area contributed by atoms with E-state index in [4.69, 9.17) is 4.42 Å². The number of rotatable bonds is 4. The van der Waals surface area contributed by atoms with Crippen LogP contribution in [0.4, 0.5) is 0 Å². The van der Waals surface area contributed by atoms with Gasteiger partial charge in [0.15, 0.2) is 0 Å². The summed E-state index contributed by atoms with van der Waals surface area (Å²) in [5, 5.41) is 7.37. The number of fused-ring (bicyclic) bond motifs is 10. The van der Waals surface area contributed by atoms with Crippen molar-refractivity contribution in [1.29, 1.82) is 0 Å². The Morgan fingerprint density at radius 1 is 0.345 bits per heavy atom. The molecule has 1 aliphatic rings. The van der Waals surface area contributed by atoms with Gasteiger partial charge in [0.05, 0.1) is 11.0 Å². The third-order valence-corrected chi connectivity index (χ3v) is 11.9. The number of para-hydroxylation sites is 3. The molecule has 0 amide bonds. The predicted octanol–water partition coefficient (Wildman–Crippen LogP) is 14.3. The van der Waals surface area contributed by atoms with Crippen molar-refractivity contribution in [3.63, 3.8) is 0 Å². The zero-order valence-corrected chi connectivity index (χ0v) is 29.9. The summed E-state index contributed by atoms with van der Waals surface area (Å²) in [6.45, 7) is 0. The molecule has 11 aromatic rings. The highest BCUT2D eigenvalue weighted by molar-refractivity contribution is 6.15. The summed E-state index contributed by atoms with van der Waals surface area (Å²) < 4.78 is 8.73. The molecule has 0 N–H and O–H groups in total. The Morgan fingerprint density at radius 2 is 0.964 bits per heavy atom. The van der Waals surface area contributed by atoms with Crippen molar-refractivity contribution in [1.82, 2.24) is 4.57 Å². The highest BCUT2D eigenvalue weighted by atomic mass is 16.3. The van der Waals surface area contributed by atoms with Gasteiger partial charge in [-0.2, -0.15) is 0 Å². The van der Waals surface area contributed by atoms with E-state index in [0.29, 0.717) is 0 Å². The summed E-state index contributed by atoms with van der Waals surface area (Å²) in [7, 11) is 0. The number of hydrogen-bond donors (Lipinski definition) is 0. The van der Waals surface area contributed by atoms with Gasteiger partial charge in [-0.1, -0.05) is 152 Å². The van der Waals surface area contributed by atoms with Crippen LogP contribution in [-0.2, 0) is 0 Å². The van der Waals surface area contributed by atoms with Crippen molar-refractivity contribution in [3.8, 4) is 39.1 Å². The number of benzene rings is 9. The van der Waals surface area contributed by atoms with Gasteiger partial charge in [-0.3, -0.25) is 0 Å². The third-order valence-electron chi connectivity index (χ3n) is 11.9. The van der Waals surface area contributed by atoms with E-state index in [1.807, 2.05) is 6.07 Å². The summed E-state index contributed by atoms with van der Waals surface area (Å²) in [4.78, 5) is 0. The van der Waals surface area contributed by atoms with Gasteiger partial charge in [-0.25, -0.2) is 0 Å². The summed E-state index contributed by atoms with van der Waals surface area (Å²) >= 11 is 0. The lowest BCUT2D eigenvalue weighted by Gasteiger charge is -2.19. The van der Waals surface area contributed by atoms with E-state index in [9.17, 15) is 0 Å². The van der Waals surface area contributed by atoms with Crippen molar-refractivity contribution in [2.24, 2.45) is 0 Å². The third kappa shape index (κ3) is 4.43. The molecule has 0 aliphatic heterocycles. The van der Waals surface area contributed by atoms with Gasteiger partial charge < -0.3 is 8.98 Å². The van der Waals surface area contributed by atoms with Gasteiger partial charge in [-0.05, 0) is 103 Å². The van der Waals surface area contributed by atoms with Crippen LogP contribution in [-0.4, -0.2) is 4.57 Å². The Bertz CT molecular complexity index is 3330. The molecule has 0 saturated heterocycles. The quantitative estimate of drug-likeness (QED) is 0.179.